The molecule has 1 aromatic heterocycles. The van der Waals surface area contributed by atoms with Crippen LogP contribution in [0.15, 0.2) is 42.0 Å². The number of hydrogen-bond acceptors (Lipinski definition) is 9. The third-order valence-corrected chi connectivity index (χ3v) is 5.41. The van der Waals surface area contributed by atoms with Gasteiger partial charge in [-0.05, 0) is 56.5 Å². The van der Waals surface area contributed by atoms with E-state index < -0.39 is 18.0 Å². The number of aliphatic hydroxyl groups is 1. The summed E-state index contributed by atoms with van der Waals surface area (Å²) in [7, 11) is 4.52. The van der Waals surface area contributed by atoms with Crippen molar-refractivity contribution in [1.29, 1.82) is 0 Å². The zero-order chi connectivity index (χ0) is 25.6. The number of pyridine rings is 1. The number of methoxy groups -OCH3 is 3. The summed E-state index contributed by atoms with van der Waals surface area (Å²) in [5.74, 6) is 1.28. The minimum absolute atomic E-state index is 0.176. The molecule has 0 radical (unpaired) electrons. The summed E-state index contributed by atoms with van der Waals surface area (Å²) in [5, 5.41) is 10.5. The van der Waals surface area contributed by atoms with Gasteiger partial charge in [0.2, 0.25) is 12.3 Å². The molecule has 1 aliphatic rings. The van der Waals surface area contributed by atoms with E-state index in [1.807, 2.05) is 45.0 Å². The van der Waals surface area contributed by atoms with Gasteiger partial charge < -0.3 is 28.8 Å². The molecule has 2 aromatic rings. The Hall–Kier alpha value is -3.14. The van der Waals surface area contributed by atoms with Crippen LogP contribution in [0.2, 0.25) is 0 Å². The van der Waals surface area contributed by atoms with Crippen LogP contribution >= 0.6 is 0 Å². The van der Waals surface area contributed by atoms with Gasteiger partial charge in [0.1, 0.15) is 18.1 Å². The number of aromatic nitrogens is 1. The molecule has 0 saturated carbocycles. The Morgan fingerprint density at radius 3 is 2.40 bits per heavy atom. The zero-order valence-electron chi connectivity index (χ0n) is 21.2. The third kappa shape index (κ3) is 7.17. The Bertz CT molecular complexity index is 1040. The molecule has 0 amide bonds. The van der Waals surface area contributed by atoms with Gasteiger partial charge in [-0.25, -0.2) is 9.78 Å². The fourth-order valence-electron chi connectivity index (χ4n) is 3.73. The Morgan fingerprint density at radius 2 is 1.80 bits per heavy atom. The van der Waals surface area contributed by atoms with Gasteiger partial charge in [0, 0.05) is 25.2 Å². The van der Waals surface area contributed by atoms with Crippen LogP contribution in [-0.2, 0) is 20.9 Å². The topological polar surface area (TPSA) is 99.6 Å². The number of ether oxygens (including phenoxy) is 5. The molecule has 3 rings (SSSR count). The Balaban J connectivity index is 1.81. The maximum atomic E-state index is 12.6. The van der Waals surface area contributed by atoms with Gasteiger partial charge in [0.15, 0.2) is 0 Å². The fraction of sp³-hybridized carbons (Fsp3) is 0.462. The number of carbonyl (C=O) groups is 1. The average molecular weight is 487 g/mol. The van der Waals surface area contributed by atoms with Crippen LogP contribution in [0.1, 0.15) is 38.4 Å². The molecule has 1 aliphatic heterocycles. The first kappa shape index (κ1) is 26.5. The van der Waals surface area contributed by atoms with E-state index in [2.05, 4.69) is 4.98 Å². The molecule has 0 saturated heterocycles. The number of benzene rings is 1. The highest BCUT2D eigenvalue weighted by Crippen LogP contribution is 2.30. The summed E-state index contributed by atoms with van der Waals surface area (Å²) in [6, 6.07) is 10.9. The Labute approximate surface area is 206 Å². The quantitative estimate of drug-likeness (QED) is 0.422. The van der Waals surface area contributed by atoms with Gasteiger partial charge in [-0.1, -0.05) is 6.07 Å². The van der Waals surface area contributed by atoms with Crippen molar-refractivity contribution >= 4 is 11.5 Å². The molecule has 1 unspecified atom stereocenters. The number of carbonyl (C=O) groups excluding carboxylic acids is 1. The predicted octanol–water partition coefficient (Wildman–Crippen LogP) is 3.40. The molecule has 0 bridgehead atoms. The van der Waals surface area contributed by atoms with Crippen LogP contribution in [0.3, 0.4) is 0 Å². The van der Waals surface area contributed by atoms with Gasteiger partial charge in [-0.2, -0.15) is 0 Å². The van der Waals surface area contributed by atoms with Crippen LogP contribution in [0.5, 0.6) is 17.4 Å². The van der Waals surface area contributed by atoms with Gasteiger partial charge in [-0.3, -0.25) is 4.90 Å². The second-order valence-corrected chi connectivity index (χ2v) is 9.10. The lowest BCUT2D eigenvalue weighted by Gasteiger charge is -2.35. The molecule has 190 valence electrons. The van der Waals surface area contributed by atoms with Crippen molar-refractivity contribution in [2.75, 3.05) is 34.4 Å². The highest BCUT2D eigenvalue weighted by molar-refractivity contribution is 5.98. The maximum Gasteiger partial charge on any atom is 0.335 e. The molecule has 9 heteroatoms. The van der Waals surface area contributed by atoms with Crippen molar-refractivity contribution in [1.82, 2.24) is 9.88 Å². The second kappa shape index (κ2) is 11.5. The molecule has 0 fully saturated rings. The van der Waals surface area contributed by atoms with Crippen molar-refractivity contribution in [3.8, 4) is 17.4 Å². The number of esters is 1. The minimum Gasteiger partial charge on any atom is -0.497 e. The Kier molecular flexibility index (Phi) is 8.71. The van der Waals surface area contributed by atoms with Gasteiger partial charge in [0.05, 0.1) is 38.2 Å². The van der Waals surface area contributed by atoms with Crippen molar-refractivity contribution in [2.24, 2.45) is 0 Å². The van der Waals surface area contributed by atoms with E-state index in [9.17, 15) is 9.90 Å². The summed E-state index contributed by atoms with van der Waals surface area (Å²) in [6.07, 6.45) is -0.655. The molecule has 0 spiro atoms. The van der Waals surface area contributed by atoms with E-state index in [1.165, 1.54) is 7.11 Å². The summed E-state index contributed by atoms with van der Waals surface area (Å²) in [4.78, 5) is 18.9. The molecular weight excluding hydrogens is 452 g/mol. The molecule has 2 heterocycles. The van der Waals surface area contributed by atoms with Crippen LogP contribution in [0, 0.1) is 0 Å². The smallest absolute Gasteiger partial charge is 0.335 e. The van der Waals surface area contributed by atoms with Crippen molar-refractivity contribution in [2.45, 2.75) is 45.8 Å². The largest absolute Gasteiger partial charge is 0.497 e. The Morgan fingerprint density at radius 1 is 1.11 bits per heavy atom. The summed E-state index contributed by atoms with van der Waals surface area (Å²) < 4.78 is 27.2. The molecule has 0 aliphatic carbocycles. The van der Waals surface area contributed by atoms with E-state index in [4.69, 9.17) is 23.7 Å². The van der Waals surface area contributed by atoms with E-state index in [1.54, 1.807) is 31.3 Å². The lowest BCUT2D eigenvalue weighted by Crippen LogP contribution is -2.45. The van der Waals surface area contributed by atoms with E-state index in [0.717, 1.165) is 11.1 Å². The fourth-order valence-corrected chi connectivity index (χ4v) is 3.73. The SMILES string of the molecule is COC(=O)C1=C(c2cccc(OCc3cc(OC)cc(OC)c3)n2)CCN(C(O)OC(C)(C)C)C1. The second-order valence-electron chi connectivity index (χ2n) is 9.10. The average Bonchev–Trinajstić information content (AvgIpc) is 2.85. The molecule has 35 heavy (non-hydrogen) atoms. The van der Waals surface area contributed by atoms with E-state index >= 15 is 0 Å². The van der Waals surface area contributed by atoms with E-state index in [0.29, 0.717) is 41.6 Å². The minimum atomic E-state index is -1.14. The molecular formula is C26H34N2O7. The molecule has 1 N–H and O–H groups in total. The first-order valence-electron chi connectivity index (χ1n) is 11.4. The molecule has 9 nitrogen and oxygen atoms in total. The van der Waals surface area contributed by atoms with Crippen LogP contribution in [0.4, 0.5) is 0 Å². The van der Waals surface area contributed by atoms with E-state index in [-0.39, 0.29) is 13.2 Å². The van der Waals surface area contributed by atoms with Crippen molar-refractivity contribution in [3.63, 3.8) is 0 Å². The molecule has 1 atom stereocenters. The highest BCUT2D eigenvalue weighted by atomic mass is 16.6. The number of hydrogen-bond donors (Lipinski definition) is 1. The lowest BCUT2D eigenvalue weighted by molar-refractivity contribution is -0.237. The summed E-state index contributed by atoms with van der Waals surface area (Å²) in [6.45, 7) is 6.51. The monoisotopic (exact) mass is 486 g/mol. The standard InChI is InChI=1S/C26H34N2O7/c1-26(2,3)35-25(30)28-11-10-20(21(15-28)24(29)33-6)22-8-7-9-23(27-22)34-16-17-12-18(31-4)14-19(13-17)32-5/h7-9,12-14,25,30H,10-11,15-16H2,1-6H3. The van der Waals surface area contributed by atoms with Crippen LogP contribution in [-0.4, -0.2) is 67.4 Å². The maximum absolute atomic E-state index is 12.6. The van der Waals surface area contributed by atoms with Gasteiger partial charge in [0.25, 0.3) is 0 Å². The third-order valence-electron chi connectivity index (χ3n) is 5.41. The first-order valence-corrected chi connectivity index (χ1v) is 11.4. The lowest BCUT2D eigenvalue weighted by atomic mass is 9.96. The normalized spacial score (nSPS) is 15.5. The number of rotatable bonds is 9. The highest BCUT2D eigenvalue weighted by Gasteiger charge is 2.31. The van der Waals surface area contributed by atoms with Gasteiger partial charge >= 0.3 is 5.97 Å². The first-order chi connectivity index (χ1) is 16.6. The van der Waals surface area contributed by atoms with Gasteiger partial charge in [-0.15, -0.1) is 0 Å². The zero-order valence-corrected chi connectivity index (χ0v) is 21.2. The van der Waals surface area contributed by atoms with Crippen LogP contribution < -0.4 is 14.2 Å². The van der Waals surface area contributed by atoms with Crippen LogP contribution in [0.25, 0.3) is 5.57 Å². The predicted molar refractivity (Wildman–Crippen MR) is 130 cm³/mol. The summed E-state index contributed by atoms with van der Waals surface area (Å²) >= 11 is 0. The summed E-state index contributed by atoms with van der Waals surface area (Å²) in [5.41, 5.74) is 2.14. The number of aliphatic hydroxyl groups excluding tert-OH is 1. The van der Waals surface area contributed by atoms with Crippen molar-refractivity contribution < 1.29 is 33.6 Å². The van der Waals surface area contributed by atoms with Crippen molar-refractivity contribution in [3.05, 3.63) is 53.2 Å². The molecule has 1 aromatic carbocycles. The number of nitrogens with zero attached hydrogens (tertiary/aromatic N) is 2.